The molecule has 0 fully saturated rings. The Morgan fingerprint density at radius 3 is 2.75 bits per heavy atom. The molecule has 1 aromatic heterocycles. The molecule has 2 aromatic carbocycles. The highest BCUT2D eigenvalue weighted by Gasteiger charge is 2.14. The number of anilines is 1. The topological polar surface area (TPSA) is 87.0 Å². The molecular formula is C13H9ClN4O2. The zero-order valence-corrected chi connectivity index (χ0v) is 10.9. The third-order valence-corrected chi connectivity index (χ3v) is 3.18. The lowest BCUT2D eigenvalue weighted by Gasteiger charge is -2.06. The number of fused-ring (bicyclic) bond motifs is 1. The molecule has 0 bridgehead atoms. The SMILES string of the molecule is Nc1nc2ccc([N+](=O)[O-])cc2n1-c1cccc(Cl)c1. The van der Waals surface area contributed by atoms with Crippen molar-refractivity contribution in [3.05, 3.63) is 57.6 Å². The van der Waals surface area contributed by atoms with E-state index in [9.17, 15) is 10.1 Å². The number of hydrogen-bond acceptors (Lipinski definition) is 4. The van der Waals surface area contributed by atoms with E-state index in [0.717, 1.165) is 0 Å². The predicted molar refractivity (Wildman–Crippen MR) is 77.1 cm³/mol. The summed E-state index contributed by atoms with van der Waals surface area (Å²) in [5.41, 5.74) is 7.75. The number of rotatable bonds is 2. The third-order valence-electron chi connectivity index (χ3n) is 2.94. The first-order valence-corrected chi connectivity index (χ1v) is 6.12. The second-order valence-corrected chi connectivity index (χ2v) is 4.65. The summed E-state index contributed by atoms with van der Waals surface area (Å²) in [5, 5.41) is 11.4. The van der Waals surface area contributed by atoms with Crippen LogP contribution in [0.15, 0.2) is 42.5 Å². The van der Waals surface area contributed by atoms with E-state index in [0.29, 0.717) is 21.7 Å². The van der Waals surface area contributed by atoms with Crippen LogP contribution in [0.1, 0.15) is 0 Å². The van der Waals surface area contributed by atoms with Gasteiger partial charge in [0.25, 0.3) is 5.69 Å². The lowest BCUT2D eigenvalue weighted by Crippen LogP contribution is -2.00. The predicted octanol–water partition coefficient (Wildman–Crippen LogP) is 3.17. The van der Waals surface area contributed by atoms with Gasteiger partial charge in [0.05, 0.1) is 21.6 Å². The summed E-state index contributed by atoms with van der Waals surface area (Å²) in [4.78, 5) is 14.6. The summed E-state index contributed by atoms with van der Waals surface area (Å²) in [6.07, 6.45) is 0. The first-order valence-electron chi connectivity index (χ1n) is 5.74. The third kappa shape index (κ3) is 1.96. The number of nitrogen functional groups attached to an aromatic ring is 1. The number of nitrogens with zero attached hydrogens (tertiary/aromatic N) is 3. The minimum atomic E-state index is -0.453. The molecular weight excluding hydrogens is 280 g/mol. The van der Waals surface area contributed by atoms with Crippen LogP contribution in [-0.4, -0.2) is 14.5 Å². The van der Waals surface area contributed by atoms with E-state index in [-0.39, 0.29) is 11.6 Å². The van der Waals surface area contributed by atoms with Gasteiger partial charge in [0.15, 0.2) is 0 Å². The fraction of sp³-hybridized carbons (Fsp3) is 0. The molecule has 1 heterocycles. The minimum absolute atomic E-state index is 0.0133. The molecule has 3 aromatic rings. The van der Waals surface area contributed by atoms with Crippen molar-refractivity contribution in [2.24, 2.45) is 0 Å². The molecule has 7 heteroatoms. The summed E-state index contributed by atoms with van der Waals surface area (Å²) in [6.45, 7) is 0. The Balaban J connectivity index is 2.31. The standard InChI is InChI=1S/C13H9ClN4O2/c14-8-2-1-3-9(6-8)17-12-7-10(18(19)20)4-5-11(12)16-13(17)15/h1-7H,(H2,15,16). The van der Waals surface area contributed by atoms with Crippen molar-refractivity contribution in [2.75, 3.05) is 5.73 Å². The van der Waals surface area contributed by atoms with Crippen molar-refractivity contribution in [3.63, 3.8) is 0 Å². The second kappa shape index (κ2) is 4.50. The summed E-state index contributed by atoms with van der Waals surface area (Å²) in [5.74, 6) is 0.253. The molecule has 0 unspecified atom stereocenters. The average Bonchev–Trinajstić information content (AvgIpc) is 2.73. The van der Waals surface area contributed by atoms with Gasteiger partial charge in [0, 0.05) is 17.2 Å². The van der Waals surface area contributed by atoms with E-state index >= 15 is 0 Å². The van der Waals surface area contributed by atoms with E-state index in [4.69, 9.17) is 17.3 Å². The Kier molecular flexibility index (Phi) is 2.80. The van der Waals surface area contributed by atoms with Crippen molar-refractivity contribution in [2.45, 2.75) is 0 Å². The highest BCUT2D eigenvalue weighted by atomic mass is 35.5. The first kappa shape index (κ1) is 12.4. The van der Waals surface area contributed by atoms with Gasteiger partial charge in [-0.1, -0.05) is 17.7 Å². The molecule has 0 saturated heterocycles. The van der Waals surface area contributed by atoms with E-state index in [1.54, 1.807) is 28.8 Å². The maximum absolute atomic E-state index is 10.9. The maximum Gasteiger partial charge on any atom is 0.271 e. The number of nitro groups is 1. The molecule has 2 N–H and O–H groups in total. The van der Waals surface area contributed by atoms with Crippen LogP contribution in [-0.2, 0) is 0 Å². The lowest BCUT2D eigenvalue weighted by molar-refractivity contribution is -0.384. The maximum atomic E-state index is 10.9. The highest BCUT2D eigenvalue weighted by Crippen LogP contribution is 2.27. The van der Waals surface area contributed by atoms with Gasteiger partial charge in [0.1, 0.15) is 0 Å². The normalized spacial score (nSPS) is 10.8. The van der Waals surface area contributed by atoms with Crippen LogP contribution in [0, 0.1) is 10.1 Å². The van der Waals surface area contributed by atoms with Crippen LogP contribution >= 0.6 is 11.6 Å². The van der Waals surface area contributed by atoms with Crippen LogP contribution in [0.5, 0.6) is 0 Å². The van der Waals surface area contributed by atoms with Crippen molar-refractivity contribution in [1.29, 1.82) is 0 Å². The molecule has 20 heavy (non-hydrogen) atoms. The van der Waals surface area contributed by atoms with Gasteiger partial charge in [-0.15, -0.1) is 0 Å². The van der Waals surface area contributed by atoms with Gasteiger partial charge in [-0.2, -0.15) is 0 Å². The van der Waals surface area contributed by atoms with Gasteiger partial charge < -0.3 is 5.73 Å². The number of benzene rings is 2. The van der Waals surface area contributed by atoms with E-state index < -0.39 is 4.92 Å². The van der Waals surface area contributed by atoms with Gasteiger partial charge in [-0.3, -0.25) is 14.7 Å². The average molecular weight is 289 g/mol. The second-order valence-electron chi connectivity index (χ2n) is 4.22. The van der Waals surface area contributed by atoms with Crippen molar-refractivity contribution >= 4 is 34.3 Å². The minimum Gasteiger partial charge on any atom is -0.369 e. The summed E-state index contributed by atoms with van der Waals surface area (Å²) in [7, 11) is 0. The number of imidazole rings is 1. The number of hydrogen-bond donors (Lipinski definition) is 1. The summed E-state index contributed by atoms with van der Waals surface area (Å²) in [6, 6.07) is 11.5. The molecule has 6 nitrogen and oxygen atoms in total. The molecule has 0 radical (unpaired) electrons. The molecule has 0 saturated carbocycles. The molecule has 0 amide bonds. The molecule has 0 aliphatic carbocycles. The Bertz CT molecular complexity index is 828. The van der Waals surface area contributed by atoms with E-state index in [1.165, 1.54) is 12.1 Å². The molecule has 0 aliphatic rings. The molecule has 0 atom stereocenters. The van der Waals surface area contributed by atoms with E-state index in [2.05, 4.69) is 4.98 Å². The van der Waals surface area contributed by atoms with Crippen LogP contribution in [0.2, 0.25) is 5.02 Å². The number of halogens is 1. The largest absolute Gasteiger partial charge is 0.369 e. The zero-order chi connectivity index (χ0) is 14.3. The van der Waals surface area contributed by atoms with Gasteiger partial charge >= 0.3 is 0 Å². The van der Waals surface area contributed by atoms with Crippen LogP contribution < -0.4 is 5.73 Å². The lowest BCUT2D eigenvalue weighted by atomic mass is 10.2. The van der Waals surface area contributed by atoms with Gasteiger partial charge in [0.2, 0.25) is 5.95 Å². The monoisotopic (exact) mass is 288 g/mol. The van der Waals surface area contributed by atoms with Gasteiger partial charge in [-0.05, 0) is 24.3 Å². The fourth-order valence-corrected chi connectivity index (χ4v) is 2.27. The zero-order valence-electron chi connectivity index (χ0n) is 10.2. The number of nitrogens with two attached hydrogens (primary N) is 1. The Labute approximate surface area is 118 Å². The smallest absolute Gasteiger partial charge is 0.271 e. The van der Waals surface area contributed by atoms with E-state index in [1.807, 2.05) is 6.07 Å². The number of non-ortho nitro benzene ring substituents is 1. The fourth-order valence-electron chi connectivity index (χ4n) is 2.08. The van der Waals surface area contributed by atoms with Gasteiger partial charge in [-0.25, -0.2) is 4.98 Å². The Morgan fingerprint density at radius 2 is 2.05 bits per heavy atom. The molecule has 100 valence electrons. The number of aromatic nitrogens is 2. The summed E-state index contributed by atoms with van der Waals surface area (Å²) >= 11 is 5.96. The van der Waals surface area contributed by atoms with Crippen molar-refractivity contribution < 1.29 is 4.92 Å². The highest BCUT2D eigenvalue weighted by molar-refractivity contribution is 6.30. The number of nitro benzene ring substituents is 1. The van der Waals surface area contributed by atoms with Crippen LogP contribution in [0.25, 0.3) is 16.7 Å². The van der Waals surface area contributed by atoms with Crippen LogP contribution in [0.3, 0.4) is 0 Å². The summed E-state index contributed by atoms with van der Waals surface area (Å²) < 4.78 is 1.63. The first-order chi connectivity index (χ1) is 9.56. The van der Waals surface area contributed by atoms with Crippen molar-refractivity contribution in [3.8, 4) is 5.69 Å². The molecule has 0 spiro atoms. The Hall–Kier alpha value is -2.60. The van der Waals surface area contributed by atoms with Crippen molar-refractivity contribution in [1.82, 2.24) is 9.55 Å². The van der Waals surface area contributed by atoms with Crippen LogP contribution in [0.4, 0.5) is 11.6 Å². The molecule has 3 rings (SSSR count). The molecule has 0 aliphatic heterocycles. The Morgan fingerprint density at radius 1 is 1.25 bits per heavy atom. The quantitative estimate of drug-likeness (QED) is 0.579.